The first kappa shape index (κ1) is 20.8. The number of hydrogen-bond acceptors (Lipinski definition) is 5. The molecule has 0 saturated carbocycles. The number of carbonyl (C=O) groups excluding carboxylic acids is 1. The lowest BCUT2D eigenvalue weighted by Gasteiger charge is -2.25. The molecule has 9 heteroatoms. The average molecular weight is 413 g/mol. The van der Waals surface area contributed by atoms with Gasteiger partial charge in [0, 0.05) is 43.1 Å². The third-order valence-corrected chi connectivity index (χ3v) is 5.59. The predicted molar refractivity (Wildman–Crippen MR) is 101 cm³/mol. The molecule has 0 fully saturated rings. The molecule has 0 radical (unpaired) electrons. The Morgan fingerprint density at radius 1 is 1.36 bits per heavy atom. The predicted octanol–water partition coefficient (Wildman–Crippen LogP) is 3.34. The number of benzene rings is 1. The number of carbonyl (C=O) groups is 1. The summed E-state index contributed by atoms with van der Waals surface area (Å²) in [4.78, 5) is 19.8. The van der Waals surface area contributed by atoms with Crippen LogP contribution < -0.4 is 5.32 Å². The zero-order valence-electron chi connectivity index (χ0n) is 15.7. The lowest BCUT2D eigenvalue weighted by atomic mass is 10.1. The smallest absolute Gasteiger partial charge is 0.383 e. The van der Waals surface area contributed by atoms with E-state index in [1.54, 1.807) is 7.11 Å². The van der Waals surface area contributed by atoms with E-state index >= 15 is 0 Å². The van der Waals surface area contributed by atoms with Crippen molar-refractivity contribution in [2.75, 3.05) is 26.8 Å². The van der Waals surface area contributed by atoms with E-state index in [0.717, 1.165) is 29.2 Å². The molecule has 0 spiro atoms. The van der Waals surface area contributed by atoms with Gasteiger partial charge < -0.3 is 10.1 Å². The van der Waals surface area contributed by atoms with Crippen molar-refractivity contribution in [2.45, 2.75) is 32.1 Å². The standard InChI is InChI=1S/C19H22F3N3O2S/c1-12(11-27-2)23-17(26)10-25-8-7-15-16(9-25)28-18(24-15)13-3-5-14(6-4-13)19(20,21)22/h3-6,12H,7-11H2,1-2H3,(H,23,26)/t12-/m1/s1. The summed E-state index contributed by atoms with van der Waals surface area (Å²) in [5.74, 6) is -0.0551. The first-order valence-corrected chi connectivity index (χ1v) is 9.74. The zero-order valence-corrected chi connectivity index (χ0v) is 16.5. The number of amides is 1. The third-order valence-electron chi connectivity index (χ3n) is 4.46. The van der Waals surface area contributed by atoms with Gasteiger partial charge in [-0.1, -0.05) is 12.1 Å². The fourth-order valence-corrected chi connectivity index (χ4v) is 4.28. The molecule has 152 valence electrons. The van der Waals surface area contributed by atoms with Crippen molar-refractivity contribution in [3.63, 3.8) is 0 Å². The number of halogens is 3. The van der Waals surface area contributed by atoms with Crippen LogP contribution in [0.4, 0.5) is 13.2 Å². The van der Waals surface area contributed by atoms with Gasteiger partial charge in [0.15, 0.2) is 0 Å². The third kappa shape index (κ3) is 5.09. The maximum atomic E-state index is 12.7. The average Bonchev–Trinajstić information content (AvgIpc) is 3.04. The number of nitrogens with zero attached hydrogens (tertiary/aromatic N) is 2. The Balaban J connectivity index is 1.64. The molecular weight excluding hydrogens is 391 g/mol. The maximum Gasteiger partial charge on any atom is 0.416 e. The summed E-state index contributed by atoms with van der Waals surface area (Å²) in [5.41, 5.74) is 0.965. The van der Waals surface area contributed by atoms with Crippen LogP contribution in [-0.2, 0) is 28.7 Å². The molecule has 2 aromatic rings. The van der Waals surface area contributed by atoms with Gasteiger partial charge in [-0.25, -0.2) is 4.98 Å². The lowest BCUT2D eigenvalue weighted by molar-refractivity contribution is -0.137. The number of rotatable bonds is 6. The van der Waals surface area contributed by atoms with E-state index in [0.29, 0.717) is 36.7 Å². The summed E-state index contributed by atoms with van der Waals surface area (Å²) in [6, 6.07) is 5.01. The second-order valence-corrected chi connectivity index (χ2v) is 7.93. The zero-order chi connectivity index (χ0) is 20.3. The van der Waals surface area contributed by atoms with E-state index in [-0.39, 0.29) is 11.9 Å². The molecule has 1 aromatic carbocycles. The van der Waals surface area contributed by atoms with E-state index in [2.05, 4.69) is 10.3 Å². The van der Waals surface area contributed by atoms with E-state index in [1.165, 1.54) is 23.5 Å². The fourth-order valence-electron chi connectivity index (χ4n) is 3.12. The van der Waals surface area contributed by atoms with Crippen molar-refractivity contribution >= 4 is 17.2 Å². The molecule has 2 heterocycles. The minimum atomic E-state index is -4.34. The molecule has 0 unspecified atom stereocenters. The van der Waals surface area contributed by atoms with Gasteiger partial charge in [0.05, 0.1) is 24.4 Å². The Hall–Kier alpha value is -1.97. The summed E-state index contributed by atoms with van der Waals surface area (Å²) in [7, 11) is 1.59. The Kier molecular flexibility index (Phi) is 6.36. The second kappa shape index (κ2) is 8.59. The van der Waals surface area contributed by atoms with Gasteiger partial charge in [-0.15, -0.1) is 11.3 Å². The Morgan fingerprint density at radius 2 is 2.07 bits per heavy atom. The number of fused-ring (bicyclic) bond motifs is 1. The molecule has 28 heavy (non-hydrogen) atoms. The topological polar surface area (TPSA) is 54.5 Å². The van der Waals surface area contributed by atoms with Crippen LogP contribution in [0.3, 0.4) is 0 Å². The van der Waals surface area contributed by atoms with Gasteiger partial charge in [0.1, 0.15) is 5.01 Å². The summed E-state index contributed by atoms with van der Waals surface area (Å²) < 4.78 is 43.2. The molecule has 0 aliphatic carbocycles. The van der Waals surface area contributed by atoms with Gasteiger partial charge in [-0.05, 0) is 19.1 Å². The molecule has 1 aromatic heterocycles. The number of ether oxygens (including phenoxy) is 1. The number of hydrogen-bond donors (Lipinski definition) is 1. The van der Waals surface area contributed by atoms with Crippen molar-refractivity contribution in [1.29, 1.82) is 0 Å². The quantitative estimate of drug-likeness (QED) is 0.789. The van der Waals surface area contributed by atoms with Crippen LogP contribution in [0.2, 0.25) is 0 Å². The maximum absolute atomic E-state index is 12.7. The highest BCUT2D eigenvalue weighted by atomic mass is 32.1. The molecule has 1 amide bonds. The van der Waals surface area contributed by atoms with Crippen LogP contribution in [0.25, 0.3) is 10.6 Å². The monoisotopic (exact) mass is 413 g/mol. The summed E-state index contributed by atoms with van der Waals surface area (Å²) in [6.07, 6.45) is -3.63. The van der Waals surface area contributed by atoms with Crippen molar-refractivity contribution in [3.8, 4) is 10.6 Å². The number of thiazole rings is 1. The lowest BCUT2D eigenvalue weighted by Crippen LogP contribution is -2.43. The van der Waals surface area contributed by atoms with E-state index in [4.69, 9.17) is 4.74 Å². The summed E-state index contributed by atoms with van der Waals surface area (Å²) >= 11 is 1.47. The van der Waals surface area contributed by atoms with Gasteiger partial charge in [0.25, 0.3) is 0 Å². The van der Waals surface area contributed by atoms with Crippen LogP contribution in [0, 0.1) is 0 Å². The highest BCUT2D eigenvalue weighted by molar-refractivity contribution is 7.15. The Morgan fingerprint density at radius 3 is 2.71 bits per heavy atom. The SMILES string of the molecule is COC[C@@H](C)NC(=O)CN1CCc2nc(-c3ccc(C(F)(F)F)cc3)sc2C1. The molecule has 1 N–H and O–H groups in total. The number of alkyl halides is 3. The molecule has 0 saturated heterocycles. The van der Waals surface area contributed by atoms with Gasteiger partial charge in [-0.3, -0.25) is 9.69 Å². The minimum Gasteiger partial charge on any atom is -0.383 e. The molecule has 5 nitrogen and oxygen atoms in total. The first-order chi connectivity index (χ1) is 13.3. The molecule has 3 rings (SSSR count). The Bertz CT molecular complexity index is 821. The van der Waals surface area contributed by atoms with Gasteiger partial charge >= 0.3 is 6.18 Å². The van der Waals surface area contributed by atoms with Crippen LogP contribution in [0.1, 0.15) is 23.1 Å². The molecule has 1 aliphatic heterocycles. The van der Waals surface area contributed by atoms with Crippen LogP contribution in [-0.4, -0.2) is 48.6 Å². The van der Waals surface area contributed by atoms with E-state index in [1.807, 2.05) is 11.8 Å². The molecular formula is C19H22F3N3O2S. The fraction of sp³-hybridized carbons (Fsp3) is 0.474. The van der Waals surface area contributed by atoms with Crippen LogP contribution >= 0.6 is 11.3 Å². The molecule has 1 aliphatic rings. The highest BCUT2D eigenvalue weighted by Gasteiger charge is 2.30. The summed E-state index contributed by atoms with van der Waals surface area (Å²) in [5, 5.41) is 3.60. The number of methoxy groups -OCH3 is 1. The van der Waals surface area contributed by atoms with Crippen LogP contribution in [0.15, 0.2) is 24.3 Å². The van der Waals surface area contributed by atoms with Crippen LogP contribution in [0.5, 0.6) is 0 Å². The summed E-state index contributed by atoms with van der Waals surface area (Å²) in [6.45, 7) is 3.96. The van der Waals surface area contributed by atoms with Crippen molar-refractivity contribution < 1.29 is 22.7 Å². The van der Waals surface area contributed by atoms with E-state index < -0.39 is 11.7 Å². The largest absolute Gasteiger partial charge is 0.416 e. The van der Waals surface area contributed by atoms with Gasteiger partial charge in [-0.2, -0.15) is 13.2 Å². The highest BCUT2D eigenvalue weighted by Crippen LogP contribution is 2.34. The normalized spacial score (nSPS) is 15.9. The van der Waals surface area contributed by atoms with Crippen molar-refractivity contribution in [3.05, 3.63) is 40.4 Å². The van der Waals surface area contributed by atoms with Crippen molar-refractivity contribution in [2.24, 2.45) is 0 Å². The van der Waals surface area contributed by atoms with Crippen molar-refractivity contribution in [1.82, 2.24) is 15.2 Å². The van der Waals surface area contributed by atoms with Gasteiger partial charge in [0.2, 0.25) is 5.91 Å². The first-order valence-electron chi connectivity index (χ1n) is 8.93. The molecule has 0 bridgehead atoms. The second-order valence-electron chi connectivity index (χ2n) is 6.85. The number of nitrogens with one attached hydrogen (secondary N) is 1. The number of aromatic nitrogens is 1. The molecule has 1 atom stereocenters. The van der Waals surface area contributed by atoms with E-state index in [9.17, 15) is 18.0 Å². The minimum absolute atomic E-state index is 0.0486. The Labute approximate surface area is 165 Å².